The molecule has 0 saturated carbocycles. The monoisotopic (exact) mass is 453 g/mol. The zero-order valence-corrected chi connectivity index (χ0v) is 18.5. The Kier molecular flexibility index (Phi) is 5.76. The van der Waals surface area contributed by atoms with Gasteiger partial charge in [0.05, 0.1) is 5.02 Å². The predicted molar refractivity (Wildman–Crippen MR) is 123 cm³/mol. The Labute approximate surface area is 187 Å². The summed E-state index contributed by atoms with van der Waals surface area (Å²) in [6, 6.07) is 11.3. The number of nitrogens with zero attached hydrogens (tertiary/aromatic N) is 1. The third-order valence-corrected chi connectivity index (χ3v) is 5.69. The molecule has 2 aromatic heterocycles. The Balaban J connectivity index is 1.72. The maximum absolute atomic E-state index is 12.8. The average molecular weight is 454 g/mol. The van der Waals surface area contributed by atoms with Crippen LogP contribution in [0.4, 0.5) is 5.69 Å². The second kappa shape index (κ2) is 8.51. The van der Waals surface area contributed by atoms with Crippen molar-refractivity contribution in [2.45, 2.75) is 20.8 Å². The number of hydrogen-bond acceptors (Lipinski definition) is 7. The van der Waals surface area contributed by atoms with Gasteiger partial charge in [-0.25, -0.2) is 14.4 Å². The van der Waals surface area contributed by atoms with E-state index in [1.54, 1.807) is 31.2 Å². The molecule has 8 heteroatoms. The van der Waals surface area contributed by atoms with Crippen LogP contribution in [0.25, 0.3) is 21.9 Å². The van der Waals surface area contributed by atoms with Crippen LogP contribution >= 0.6 is 11.6 Å². The lowest BCUT2D eigenvalue weighted by atomic mass is 10.1. The van der Waals surface area contributed by atoms with E-state index in [1.165, 1.54) is 12.1 Å². The lowest BCUT2D eigenvalue weighted by Crippen LogP contribution is -2.22. The fraction of sp³-hybridized carbons (Fsp3) is 0.208. The molecule has 0 unspecified atom stereocenters. The van der Waals surface area contributed by atoms with Gasteiger partial charge >= 0.3 is 17.2 Å². The first-order valence-electron chi connectivity index (χ1n) is 10.1. The Hall–Kier alpha value is -3.58. The second-order valence-corrected chi connectivity index (χ2v) is 7.61. The van der Waals surface area contributed by atoms with Gasteiger partial charge in [0, 0.05) is 47.7 Å². The molecule has 0 bridgehead atoms. The molecule has 0 saturated heterocycles. The summed E-state index contributed by atoms with van der Waals surface area (Å²) in [6.07, 6.45) is 0. The summed E-state index contributed by atoms with van der Waals surface area (Å²) in [5, 5.41) is 1.08. The van der Waals surface area contributed by atoms with E-state index in [2.05, 4.69) is 4.90 Å². The van der Waals surface area contributed by atoms with Crippen LogP contribution in [0.3, 0.4) is 0 Å². The minimum Gasteiger partial charge on any atom is -0.423 e. The van der Waals surface area contributed by atoms with E-state index in [-0.39, 0.29) is 21.9 Å². The van der Waals surface area contributed by atoms with Gasteiger partial charge in [-0.1, -0.05) is 11.6 Å². The number of carbonyl (C=O) groups is 1. The van der Waals surface area contributed by atoms with E-state index in [4.69, 9.17) is 25.2 Å². The van der Waals surface area contributed by atoms with Crippen molar-refractivity contribution in [1.29, 1.82) is 0 Å². The first-order chi connectivity index (χ1) is 15.3. The molecule has 32 heavy (non-hydrogen) atoms. The van der Waals surface area contributed by atoms with Gasteiger partial charge in [-0.15, -0.1) is 0 Å². The number of halogens is 1. The second-order valence-electron chi connectivity index (χ2n) is 7.23. The lowest BCUT2D eigenvalue weighted by molar-refractivity contribution is 0.0731. The minimum absolute atomic E-state index is 0.0458. The summed E-state index contributed by atoms with van der Waals surface area (Å²) in [5.41, 5.74) is 0.347. The number of aryl methyl sites for hydroxylation is 1. The van der Waals surface area contributed by atoms with Crippen LogP contribution in [0.1, 0.15) is 29.8 Å². The van der Waals surface area contributed by atoms with Gasteiger partial charge in [0.25, 0.3) is 0 Å². The van der Waals surface area contributed by atoms with Crippen molar-refractivity contribution in [1.82, 2.24) is 0 Å². The quantitative estimate of drug-likeness (QED) is 0.240. The maximum Gasteiger partial charge on any atom is 0.352 e. The van der Waals surface area contributed by atoms with Crippen LogP contribution < -0.4 is 20.9 Å². The van der Waals surface area contributed by atoms with E-state index in [9.17, 15) is 14.4 Å². The molecule has 2 aromatic carbocycles. The zero-order chi connectivity index (χ0) is 23.0. The normalized spacial score (nSPS) is 11.1. The van der Waals surface area contributed by atoms with Crippen molar-refractivity contribution in [3.8, 4) is 5.75 Å². The molecular weight excluding hydrogens is 434 g/mol. The molecule has 0 radical (unpaired) electrons. The van der Waals surface area contributed by atoms with E-state index < -0.39 is 22.8 Å². The summed E-state index contributed by atoms with van der Waals surface area (Å²) in [5.74, 6) is -0.864. The lowest BCUT2D eigenvalue weighted by Gasteiger charge is -2.21. The van der Waals surface area contributed by atoms with Crippen LogP contribution in [0.5, 0.6) is 5.75 Å². The third kappa shape index (κ3) is 3.87. The van der Waals surface area contributed by atoms with E-state index >= 15 is 0 Å². The van der Waals surface area contributed by atoms with E-state index in [0.717, 1.165) is 24.3 Å². The smallest absolute Gasteiger partial charge is 0.352 e. The summed E-state index contributed by atoms with van der Waals surface area (Å²) in [4.78, 5) is 39.1. The molecule has 4 aromatic rings. The van der Waals surface area contributed by atoms with Crippen LogP contribution in [0.2, 0.25) is 5.02 Å². The van der Waals surface area contributed by atoms with Crippen molar-refractivity contribution < 1.29 is 18.4 Å². The van der Waals surface area contributed by atoms with Gasteiger partial charge in [0.2, 0.25) is 0 Å². The highest BCUT2D eigenvalue weighted by Gasteiger charge is 2.23. The van der Waals surface area contributed by atoms with Gasteiger partial charge in [-0.3, -0.25) is 0 Å². The molecule has 0 amide bonds. The number of carbonyl (C=O) groups excluding carboxylic acids is 1. The highest BCUT2D eigenvalue weighted by atomic mass is 35.5. The number of hydrogen-bond donors (Lipinski definition) is 0. The van der Waals surface area contributed by atoms with Crippen molar-refractivity contribution in [3.05, 3.63) is 79.5 Å². The predicted octanol–water partition coefficient (Wildman–Crippen LogP) is 4.93. The molecule has 7 nitrogen and oxygen atoms in total. The first-order valence-corrected chi connectivity index (χ1v) is 10.5. The topological polar surface area (TPSA) is 90.0 Å². The minimum atomic E-state index is -0.965. The molecule has 0 aliphatic carbocycles. The Morgan fingerprint density at radius 2 is 1.66 bits per heavy atom. The molecule has 2 heterocycles. The molecule has 4 rings (SSSR count). The van der Waals surface area contributed by atoms with Gasteiger partial charge < -0.3 is 18.5 Å². The molecule has 0 aliphatic heterocycles. The fourth-order valence-corrected chi connectivity index (χ4v) is 3.95. The van der Waals surface area contributed by atoms with Crippen LogP contribution in [0.15, 0.2) is 60.9 Å². The number of benzene rings is 2. The Bertz CT molecular complexity index is 1470. The largest absolute Gasteiger partial charge is 0.423 e. The summed E-state index contributed by atoms with van der Waals surface area (Å²) < 4.78 is 15.9. The molecule has 164 valence electrons. The highest BCUT2D eigenvalue weighted by Crippen LogP contribution is 2.30. The third-order valence-electron chi connectivity index (χ3n) is 5.29. The van der Waals surface area contributed by atoms with E-state index in [0.29, 0.717) is 10.8 Å². The van der Waals surface area contributed by atoms with Gasteiger partial charge in [0.15, 0.2) is 5.56 Å². The molecule has 0 aliphatic rings. The average Bonchev–Trinajstić information content (AvgIpc) is 2.74. The number of rotatable bonds is 5. The van der Waals surface area contributed by atoms with Crippen LogP contribution in [-0.2, 0) is 0 Å². The van der Waals surface area contributed by atoms with Crippen molar-refractivity contribution >= 4 is 45.2 Å². The van der Waals surface area contributed by atoms with Crippen LogP contribution in [-0.4, -0.2) is 19.1 Å². The summed E-state index contributed by atoms with van der Waals surface area (Å²) >= 11 is 6.41. The number of esters is 1. The summed E-state index contributed by atoms with van der Waals surface area (Å²) in [6.45, 7) is 7.40. The van der Waals surface area contributed by atoms with Crippen molar-refractivity contribution in [2.24, 2.45) is 0 Å². The van der Waals surface area contributed by atoms with Crippen molar-refractivity contribution in [3.63, 3.8) is 0 Å². The standard InChI is InChI=1S/C24H20ClNO6/c1-4-26(5-2)14-6-8-17-18(11-14)32-24(29)21(22(17)25)23(28)30-15-7-9-16-13(3)10-20(27)31-19(16)12-15/h6-12H,4-5H2,1-3H3. The molecule has 0 N–H and O–H groups in total. The molecule has 0 atom stereocenters. The number of anilines is 1. The Morgan fingerprint density at radius 1 is 0.969 bits per heavy atom. The van der Waals surface area contributed by atoms with Crippen molar-refractivity contribution in [2.75, 3.05) is 18.0 Å². The summed E-state index contributed by atoms with van der Waals surface area (Å²) in [7, 11) is 0. The Morgan fingerprint density at radius 3 is 2.38 bits per heavy atom. The molecule has 0 fully saturated rings. The van der Waals surface area contributed by atoms with E-state index in [1.807, 2.05) is 19.9 Å². The number of ether oxygens (including phenoxy) is 1. The highest BCUT2D eigenvalue weighted by molar-refractivity contribution is 6.38. The maximum atomic E-state index is 12.8. The van der Waals surface area contributed by atoms with Crippen LogP contribution in [0, 0.1) is 6.92 Å². The number of fused-ring (bicyclic) bond motifs is 2. The van der Waals surface area contributed by atoms with Gasteiger partial charge in [-0.2, -0.15) is 0 Å². The van der Waals surface area contributed by atoms with Gasteiger partial charge in [0.1, 0.15) is 16.9 Å². The molecule has 0 spiro atoms. The zero-order valence-electron chi connectivity index (χ0n) is 17.7. The fourth-order valence-electron chi connectivity index (χ4n) is 3.64. The first kappa shape index (κ1) is 21.6. The molecular formula is C24H20ClNO6. The van der Waals surface area contributed by atoms with Gasteiger partial charge in [-0.05, 0) is 50.6 Å². The SMILES string of the molecule is CCN(CC)c1ccc2c(Cl)c(C(=O)Oc3ccc4c(C)cc(=O)oc4c3)c(=O)oc2c1.